The summed E-state index contributed by atoms with van der Waals surface area (Å²) < 4.78 is 0. The summed E-state index contributed by atoms with van der Waals surface area (Å²) in [5.41, 5.74) is 10.4. The van der Waals surface area contributed by atoms with Gasteiger partial charge in [0.1, 0.15) is 11.6 Å². The van der Waals surface area contributed by atoms with Crippen molar-refractivity contribution in [1.82, 2.24) is 4.98 Å². The summed E-state index contributed by atoms with van der Waals surface area (Å²) in [6.07, 6.45) is 0. The second kappa shape index (κ2) is 9.11. The molecule has 2 aromatic carbocycles. The maximum absolute atomic E-state index is 12.6. The monoisotopic (exact) mass is 422 g/mol. The van der Waals surface area contributed by atoms with E-state index in [-0.39, 0.29) is 5.91 Å². The number of aromatic nitrogens is 1. The van der Waals surface area contributed by atoms with E-state index in [2.05, 4.69) is 62.7 Å². The van der Waals surface area contributed by atoms with Gasteiger partial charge in [-0.1, -0.05) is 23.8 Å². The van der Waals surface area contributed by atoms with Crippen molar-refractivity contribution in [3.8, 4) is 11.3 Å². The lowest BCUT2D eigenvalue weighted by molar-refractivity contribution is -0.885. The van der Waals surface area contributed by atoms with Crippen molar-refractivity contribution in [2.75, 3.05) is 18.9 Å². The predicted molar refractivity (Wildman–Crippen MR) is 127 cm³/mol. The Balaban J connectivity index is 1.64. The maximum atomic E-state index is 12.6. The molecule has 0 aliphatic heterocycles. The van der Waals surface area contributed by atoms with E-state index in [1.165, 1.54) is 27.8 Å². The third kappa shape index (κ3) is 5.15. The third-order valence-electron chi connectivity index (χ3n) is 5.53. The van der Waals surface area contributed by atoms with E-state index in [9.17, 15) is 4.79 Å². The molecule has 4 nitrogen and oxygen atoms in total. The van der Waals surface area contributed by atoms with Crippen LogP contribution in [0, 0.1) is 41.5 Å². The van der Waals surface area contributed by atoms with Crippen LogP contribution in [-0.2, 0) is 11.3 Å². The van der Waals surface area contributed by atoms with Crippen molar-refractivity contribution in [2.45, 2.75) is 48.1 Å². The fourth-order valence-electron chi connectivity index (χ4n) is 3.91. The largest absolute Gasteiger partial charge is 0.324 e. The molecule has 3 aromatic rings. The van der Waals surface area contributed by atoms with Gasteiger partial charge in [0.2, 0.25) is 0 Å². The number of anilines is 1. The van der Waals surface area contributed by atoms with Crippen molar-refractivity contribution in [2.24, 2.45) is 0 Å². The molecule has 0 radical (unpaired) electrons. The van der Waals surface area contributed by atoms with Crippen LogP contribution in [0.1, 0.15) is 38.4 Å². The molecule has 5 heteroatoms. The summed E-state index contributed by atoms with van der Waals surface area (Å²) in [6, 6.07) is 8.65. The van der Waals surface area contributed by atoms with Gasteiger partial charge in [0.25, 0.3) is 5.91 Å². The molecule has 0 saturated carbocycles. The number of carbonyl (C=O) groups excluding carboxylic acids is 1. The number of quaternary nitrogens is 1. The van der Waals surface area contributed by atoms with Gasteiger partial charge >= 0.3 is 0 Å². The standard InChI is InChI=1S/C25H31N3OS/c1-15-8-19(5)25(20(6)9-15)27-23(29)12-28(7)13-24-26-22(14-30-24)21-11-17(3)16(2)10-18(21)4/h8-11,14H,12-13H2,1-7H3,(H,27,29)/p+1. The molecule has 0 aliphatic carbocycles. The first-order valence-electron chi connectivity index (χ1n) is 10.4. The lowest BCUT2D eigenvalue weighted by Crippen LogP contribution is -3.08. The molecule has 0 bridgehead atoms. The highest BCUT2D eigenvalue weighted by molar-refractivity contribution is 7.09. The van der Waals surface area contributed by atoms with Gasteiger partial charge in [0.15, 0.2) is 6.54 Å². The molecule has 1 unspecified atom stereocenters. The summed E-state index contributed by atoms with van der Waals surface area (Å²) in [6.45, 7) is 13.7. The Hall–Kier alpha value is -2.50. The Morgan fingerprint density at radius 3 is 2.23 bits per heavy atom. The predicted octanol–water partition coefficient (Wildman–Crippen LogP) is 4.31. The first kappa shape index (κ1) is 22.2. The highest BCUT2D eigenvalue weighted by Crippen LogP contribution is 2.27. The molecule has 0 aliphatic rings. The summed E-state index contributed by atoms with van der Waals surface area (Å²) >= 11 is 1.67. The smallest absolute Gasteiger partial charge is 0.279 e. The molecule has 158 valence electrons. The van der Waals surface area contributed by atoms with Crippen LogP contribution in [0.2, 0.25) is 0 Å². The zero-order valence-corrected chi connectivity index (χ0v) is 19.9. The summed E-state index contributed by atoms with van der Waals surface area (Å²) in [5, 5.41) is 6.27. The van der Waals surface area contributed by atoms with Gasteiger partial charge in [0.05, 0.1) is 12.7 Å². The van der Waals surface area contributed by atoms with Crippen LogP contribution in [0.15, 0.2) is 29.6 Å². The highest BCUT2D eigenvalue weighted by Gasteiger charge is 2.16. The Bertz CT molecular complexity index is 1060. The van der Waals surface area contributed by atoms with Crippen molar-refractivity contribution in [3.05, 3.63) is 68.0 Å². The molecule has 0 spiro atoms. The number of carbonyl (C=O) groups is 1. The van der Waals surface area contributed by atoms with Crippen LogP contribution >= 0.6 is 11.3 Å². The molecule has 0 saturated heterocycles. The summed E-state index contributed by atoms with van der Waals surface area (Å²) in [4.78, 5) is 18.6. The molecule has 1 amide bonds. The number of aryl methyl sites for hydroxylation is 6. The lowest BCUT2D eigenvalue weighted by Gasteiger charge is -2.15. The van der Waals surface area contributed by atoms with Gasteiger partial charge in [-0.15, -0.1) is 11.3 Å². The average Bonchev–Trinajstić information content (AvgIpc) is 3.09. The van der Waals surface area contributed by atoms with E-state index in [1.54, 1.807) is 11.3 Å². The lowest BCUT2D eigenvalue weighted by atomic mass is 9.99. The number of nitrogens with zero attached hydrogens (tertiary/aromatic N) is 1. The number of hydrogen-bond acceptors (Lipinski definition) is 3. The van der Waals surface area contributed by atoms with Crippen molar-refractivity contribution < 1.29 is 9.69 Å². The SMILES string of the molecule is Cc1cc(C)c(NC(=O)C[NH+](C)Cc2nc(-c3cc(C)c(C)cc3C)cs2)c(C)c1. The average molecular weight is 423 g/mol. The minimum absolute atomic E-state index is 0.0318. The van der Waals surface area contributed by atoms with E-state index < -0.39 is 0 Å². The fraction of sp³-hybridized carbons (Fsp3) is 0.360. The number of likely N-dealkylation sites (N-methyl/N-ethyl adjacent to an activating group) is 1. The normalized spacial score (nSPS) is 12.1. The molecule has 1 aromatic heterocycles. The number of nitrogens with one attached hydrogen (secondary N) is 2. The van der Waals surface area contributed by atoms with E-state index in [0.717, 1.165) is 39.0 Å². The Labute approximate surface area is 184 Å². The second-order valence-electron chi connectivity index (χ2n) is 8.51. The van der Waals surface area contributed by atoms with Crippen molar-refractivity contribution in [3.63, 3.8) is 0 Å². The Morgan fingerprint density at radius 1 is 0.933 bits per heavy atom. The first-order valence-corrected chi connectivity index (χ1v) is 11.2. The fourth-order valence-corrected chi connectivity index (χ4v) is 4.82. The summed E-state index contributed by atoms with van der Waals surface area (Å²) in [5.74, 6) is 0.0318. The van der Waals surface area contributed by atoms with Gasteiger partial charge in [-0.05, 0) is 75.4 Å². The molecule has 30 heavy (non-hydrogen) atoms. The Morgan fingerprint density at radius 2 is 1.57 bits per heavy atom. The number of thiazole rings is 1. The zero-order chi connectivity index (χ0) is 22.0. The van der Waals surface area contributed by atoms with Crippen LogP contribution in [0.5, 0.6) is 0 Å². The van der Waals surface area contributed by atoms with Gasteiger partial charge < -0.3 is 10.2 Å². The van der Waals surface area contributed by atoms with Gasteiger partial charge in [-0.25, -0.2) is 4.98 Å². The van der Waals surface area contributed by atoms with Crippen LogP contribution < -0.4 is 10.2 Å². The molecule has 1 atom stereocenters. The minimum Gasteiger partial charge on any atom is -0.324 e. The molecular formula is C25H32N3OS+. The number of amides is 1. The molecule has 0 fully saturated rings. The number of hydrogen-bond donors (Lipinski definition) is 2. The number of rotatable bonds is 6. The van der Waals surface area contributed by atoms with E-state index >= 15 is 0 Å². The first-order chi connectivity index (χ1) is 14.1. The van der Waals surface area contributed by atoms with Crippen molar-refractivity contribution >= 4 is 22.9 Å². The van der Waals surface area contributed by atoms with Crippen LogP contribution in [0.25, 0.3) is 11.3 Å². The highest BCUT2D eigenvalue weighted by atomic mass is 32.1. The van der Waals surface area contributed by atoms with Gasteiger partial charge in [-0.3, -0.25) is 4.79 Å². The minimum atomic E-state index is 0.0318. The quantitative estimate of drug-likeness (QED) is 0.622. The third-order valence-corrected chi connectivity index (χ3v) is 6.37. The van der Waals surface area contributed by atoms with Crippen molar-refractivity contribution in [1.29, 1.82) is 0 Å². The summed E-state index contributed by atoms with van der Waals surface area (Å²) in [7, 11) is 2.04. The Kier molecular flexibility index (Phi) is 6.74. The molecule has 1 heterocycles. The maximum Gasteiger partial charge on any atom is 0.279 e. The second-order valence-corrected chi connectivity index (χ2v) is 9.45. The van der Waals surface area contributed by atoms with Gasteiger partial charge in [-0.2, -0.15) is 0 Å². The van der Waals surface area contributed by atoms with E-state index in [0.29, 0.717) is 6.54 Å². The van der Waals surface area contributed by atoms with Crippen LogP contribution in [0.4, 0.5) is 5.69 Å². The molecular weight excluding hydrogens is 390 g/mol. The van der Waals surface area contributed by atoms with Gasteiger partial charge in [0, 0.05) is 16.6 Å². The van der Waals surface area contributed by atoms with E-state index in [4.69, 9.17) is 4.98 Å². The van der Waals surface area contributed by atoms with E-state index in [1.807, 2.05) is 20.9 Å². The molecule has 2 N–H and O–H groups in total. The van der Waals surface area contributed by atoms with Crippen LogP contribution in [0.3, 0.4) is 0 Å². The topological polar surface area (TPSA) is 46.4 Å². The number of benzene rings is 2. The zero-order valence-electron chi connectivity index (χ0n) is 19.1. The van der Waals surface area contributed by atoms with Crippen LogP contribution in [-0.4, -0.2) is 24.5 Å². The molecule has 3 rings (SSSR count).